The molecule has 0 aromatic heterocycles. The standard InChI is InChI=1S/C26H23.Zr/c1-2-8-19(9-3-1)16-20-17-22-12-7-15-25(26(22)18-20)24-14-6-11-21-10-4-5-13-23(21)24;/h4-7,10-16,18-19H,1-3,8-9H2;. The topological polar surface area (TPSA) is 0 Å². The van der Waals surface area contributed by atoms with Crippen LogP contribution in [0.15, 0.2) is 72.3 Å². The summed E-state index contributed by atoms with van der Waals surface area (Å²) in [6, 6.07) is 21.9. The van der Waals surface area contributed by atoms with Crippen LogP contribution in [0.25, 0.3) is 34.1 Å². The summed E-state index contributed by atoms with van der Waals surface area (Å²) in [5.74, 6) is 0.734. The van der Waals surface area contributed by atoms with E-state index < -0.39 is 0 Å². The zero-order valence-electron chi connectivity index (χ0n) is 15.5. The first-order valence-corrected chi connectivity index (χ1v) is 9.83. The predicted molar refractivity (Wildman–Crippen MR) is 111 cm³/mol. The Balaban J connectivity index is 0.00000180. The Bertz CT molecular complexity index is 1110. The summed E-state index contributed by atoms with van der Waals surface area (Å²) in [5, 5.41) is 5.18. The van der Waals surface area contributed by atoms with Crippen LogP contribution in [0.1, 0.15) is 32.1 Å². The predicted octanol–water partition coefficient (Wildman–Crippen LogP) is 5.46. The van der Waals surface area contributed by atoms with Gasteiger partial charge in [-0.05, 0) is 68.8 Å². The fraction of sp³-hybridized carbons (Fsp3) is 0.231. The van der Waals surface area contributed by atoms with Crippen molar-refractivity contribution in [2.45, 2.75) is 32.1 Å². The minimum Gasteiger partial charge on any atom is -0.0735 e. The first-order chi connectivity index (χ1) is 12.9. The van der Waals surface area contributed by atoms with Crippen LogP contribution in [0.5, 0.6) is 0 Å². The van der Waals surface area contributed by atoms with Crippen LogP contribution in [0.3, 0.4) is 0 Å². The van der Waals surface area contributed by atoms with Crippen molar-refractivity contribution in [3.05, 3.63) is 82.8 Å². The smallest absolute Gasteiger partial charge is 0 e. The zero-order chi connectivity index (χ0) is 17.3. The molecule has 0 aliphatic heterocycles. The van der Waals surface area contributed by atoms with Gasteiger partial charge in [0.05, 0.1) is 0 Å². The minimum absolute atomic E-state index is 0. The van der Waals surface area contributed by atoms with Crippen LogP contribution in [0.4, 0.5) is 0 Å². The fourth-order valence-corrected chi connectivity index (χ4v) is 4.52. The summed E-state index contributed by atoms with van der Waals surface area (Å²) in [7, 11) is 0. The van der Waals surface area contributed by atoms with Gasteiger partial charge in [0.25, 0.3) is 0 Å². The van der Waals surface area contributed by atoms with E-state index in [0.717, 1.165) is 5.92 Å². The summed E-state index contributed by atoms with van der Waals surface area (Å²) in [4.78, 5) is 0. The van der Waals surface area contributed by atoms with Crippen molar-refractivity contribution in [2.75, 3.05) is 0 Å². The van der Waals surface area contributed by atoms with Gasteiger partial charge < -0.3 is 0 Å². The minimum atomic E-state index is 0. The Labute approximate surface area is 180 Å². The van der Waals surface area contributed by atoms with E-state index in [1.807, 2.05) is 0 Å². The third kappa shape index (κ3) is 3.67. The van der Waals surface area contributed by atoms with Crippen LogP contribution in [-0.2, 0) is 26.2 Å². The average molecular weight is 427 g/mol. The maximum atomic E-state index is 3.65. The third-order valence-corrected chi connectivity index (χ3v) is 5.83. The molecular formula is C26H23Zr. The molecule has 3 aromatic carbocycles. The van der Waals surface area contributed by atoms with Crippen molar-refractivity contribution in [3.8, 4) is 11.1 Å². The molecule has 2 aliphatic rings. The number of hydrogen-bond donors (Lipinski definition) is 0. The molecule has 0 saturated heterocycles. The number of hydrogen-bond acceptors (Lipinski definition) is 0. The molecule has 0 amide bonds. The Morgan fingerprint density at radius 2 is 1.52 bits per heavy atom. The average Bonchev–Trinajstić information content (AvgIpc) is 3.11. The van der Waals surface area contributed by atoms with Crippen LogP contribution in [0, 0.1) is 5.92 Å². The van der Waals surface area contributed by atoms with E-state index in [2.05, 4.69) is 78.9 Å². The van der Waals surface area contributed by atoms with Gasteiger partial charge in [-0.25, -0.2) is 0 Å². The molecule has 5 rings (SSSR count). The van der Waals surface area contributed by atoms with Crippen LogP contribution in [-0.4, -0.2) is 0 Å². The second kappa shape index (κ2) is 8.11. The second-order valence-corrected chi connectivity index (χ2v) is 7.58. The quantitative estimate of drug-likeness (QED) is 0.510. The molecule has 0 heterocycles. The van der Waals surface area contributed by atoms with E-state index in [4.69, 9.17) is 0 Å². The molecule has 3 aromatic rings. The molecule has 131 valence electrons. The van der Waals surface area contributed by atoms with Crippen molar-refractivity contribution >= 4 is 22.9 Å². The van der Waals surface area contributed by atoms with Gasteiger partial charge in [-0.3, -0.25) is 0 Å². The van der Waals surface area contributed by atoms with E-state index in [0.29, 0.717) is 0 Å². The van der Waals surface area contributed by atoms with E-state index >= 15 is 0 Å². The van der Waals surface area contributed by atoms with Gasteiger partial charge in [0, 0.05) is 26.2 Å². The maximum absolute atomic E-state index is 3.65. The Morgan fingerprint density at radius 1 is 0.778 bits per heavy atom. The van der Waals surface area contributed by atoms with E-state index in [-0.39, 0.29) is 26.2 Å². The maximum Gasteiger partial charge on any atom is 0 e. The molecule has 1 heteroatoms. The van der Waals surface area contributed by atoms with Gasteiger partial charge in [0.1, 0.15) is 0 Å². The Hall–Kier alpha value is -1.72. The van der Waals surface area contributed by atoms with Crippen LogP contribution >= 0.6 is 0 Å². The Morgan fingerprint density at radius 3 is 2.41 bits per heavy atom. The number of allylic oxidation sites excluding steroid dienone is 2. The molecule has 2 aliphatic carbocycles. The third-order valence-electron chi connectivity index (χ3n) is 5.83. The molecule has 0 unspecified atom stereocenters. The number of fused-ring (bicyclic) bond motifs is 2. The summed E-state index contributed by atoms with van der Waals surface area (Å²) in [5.41, 5.74) is 3.91. The van der Waals surface area contributed by atoms with Gasteiger partial charge in [0.2, 0.25) is 0 Å². The van der Waals surface area contributed by atoms with Crippen LogP contribution < -0.4 is 10.4 Å². The molecule has 27 heavy (non-hydrogen) atoms. The molecular weight excluding hydrogens is 404 g/mol. The summed E-state index contributed by atoms with van der Waals surface area (Å²) in [6.07, 6.45) is 15.3. The van der Waals surface area contributed by atoms with Crippen molar-refractivity contribution < 1.29 is 26.2 Å². The first-order valence-electron chi connectivity index (χ1n) is 9.83. The van der Waals surface area contributed by atoms with Gasteiger partial charge in [-0.1, -0.05) is 86.0 Å². The van der Waals surface area contributed by atoms with E-state index in [9.17, 15) is 0 Å². The second-order valence-electron chi connectivity index (χ2n) is 7.58. The fourth-order valence-electron chi connectivity index (χ4n) is 4.52. The van der Waals surface area contributed by atoms with Crippen LogP contribution in [0.2, 0.25) is 0 Å². The van der Waals surface area contributed by atoms with E-state index in [1.165, 1.54) is 70.0 Å². The van der Waals surface area contributed by atoms with Gasteiger partial charge in [0.15, 0.2) is 0 Å². The SMILES string of the molecule is [C]1=c2cccc(-c3cccc4ccccc34)c2=CC1=CC1CCCCC1.[Zr]. The molecule has 0 N–H and O–H groups in total. The van der Waals surface area contributed by atoms with Crippen molar-refractivity contribution in [1.82, 2.24) is 0 Å². The first kappa shape index (κ1) is 18.6. The molecule has 0 nitrogen and oxygen atoms in total. The van der Waals surface area contributed by atoms with E-state index in [1.54, 1.807) is 0 Å². The molecule has 1 fully saturated rings. The monoisotopic (exact) mass is 425 g/mol. The van der Waals surface area contributed by atoms with Crippen molar-refractivity contribution in [2.24, 2.45) is 5.92 Å². The summed E-state index contributed by atoms with van der Waals surface area (Å²) >= 11 is 0. The van der Waals surface area contributed by atoms with Crippen molar-refractivity contribution in [1.29, 1.82) is 0 Å². The summed E-state index contributed by atoms with van der Waals surface area (Å²) < 4.78 is 0. The normalized spacial score (nSPS) is 17.9. The molecule has 0 spiro atoms. The van der Waals surface area contributed by atoms with Gasteiger partial charge >= 0.3 is 0 Å². The van der Waals surface area contributed by atoms with Gasteiger partial charge in [-0.2, -0.15) is 0 Å². The molecule has 0 atom stereocenters. The zero-order valence-corrected chi connectivity index (χ0v) is 18.0. The largest absolute Gasteiger partial charge is 0.0735 e. The number of benzene rings is 3. The Kier molecular flexibility index (Phi) is 5.60. The molecule has 1 saturated carbocycles. The molecule has 0 bridgehead atoms. The van der Waals surface area contributed by atoms with Gasteiger partial charge in [-0.15, -0.1) is 0 Å². The number of rotatable bonds is 2. The molecule has 1 radical (unpaired) electrons. The summed E-state index contributed by atoms with van der Waals surface area (Å²) in [6.45, 7) is 0. The van der Waals surface area contributed by atoms with Crippen molar-refractivity contribution in [3.63, 3.8) is 0 Å².